The first-order valence-corrected chi connectivity index (χ1v) is 4.32. The molecule has 0 radical (unpaired) electrons. The fourth-order valence-corrected chi connectivity index (χ4v) is 1.38. The van der Waals surface area contributed by atoms with E-state index in [9.17, 15) is 0 Å². The van der Waals surface area contributed by atoms with E-state index in [0.29, 0.717) is 0 Å². The van der Waals surface area contributed by atoms with Crippen LogP contribution in [-0.2, 0) is 6.42 Å². The molecule has 0 unspecified atom stereocenters. The Morgan fingerprint density at radius 3 is 2.77 bits per heavy atom. The largest absolute Gasteiger partial charge is 0.398 e. The Bertz CT molecular complexity index is 407. The third kappa shape index (κ3) is 1.71. The number of nitrogens with two attached hydrogens (primary N) is 1. The summed E-state index contributed by atoms with van der Waals surface area (Å²) in [6.45, 7) is 0. The van der Waals surface area contributed by atoms with Crippen molar-refractivity contribution in [3.63, 3.8) is 0 Å². The summed E-state index contributed by atoms with van der Waals surface area (Å²) in [4.78, 5) is 0. The molecule has 2 rings (SSSR count). The number of allylic oxidation sites excluding steroid dienone is 3. The summed E-state index contributed by atoms with van der Waals surface area (Å²) >= 11 is 0. The number of rotatable bonds is 2. The molecule has 0 atom stereocenters. The van der Waals surface area contributed by atoms with Gasteiger partial charge in [0.05, 0.1) is 0 Å². The summed E-state index contributed by atoms with van der Waals surface area (Å²) in [6, 6.07) is 7.94. The van der Waals surface area contributed by atoms with Gasteiger partial charge in [0.15, 0.2) is 0 Å². The highest BCUT2D eigenvalue weighted by Crippen LogP contribution is 2.16. The Morgan fingerprint density at radius 2 is 2.08 bits per heavy atom. The molecular weight excluding hydrogens is 158 g/mol. The lowest BCUT2D eigenvalue weighted by Gasteiger charge is -2.03. The number of para-hydroxylation sites is 1. The molecule has 0 saturated heterocycles. The summed E-state index contributed by atoms with van der Waals surface area (Å²) < 4.78 is 0. The smallest absolute Gasteiger partial charge is 0.0350 e. The van der Waals surface area contributed by atoms with Gasteiger partial charge in [-0.05, 0) is 23.3 Å². The van der Waals surface area contributed by atoms with Crippen LogP contribution < -0.4 is 5.73 Å². The van der Waals surface area contributed by atoms with Gasteiger partial charge >= 0.3 is 0 Å². The van der Waals surface area contributed by atoms with E-state index in [1.165, 1.54) is 11.1 Å². The molecule has 0 aromatic heterocycles. The second kappa shape index (κ2) is 3.34. The molecule has 0 amide bonds. The lowest BCUT2D eigenvalue weighted by molar-refractivity contribution is 1.21. The Kier molecular flexibility index (Phi) is 2.03. The molecule has 0 saturated carbocycles. The van der Waals surface area contributed by atoms with Gasteiger partial charge in [-0.3, -0.25) is 0 Å². The molecule has 2 N–H and O–H groups in total. The van der Waals surface area contributed by atoms with Crippen molar-refractivity contribution in [2.45, 2.75) is 6.42 Å². The Morgan fingerprint density at radius 1 is 1.23 bits per heavy atom. The number of nitrogen functional groups attached to an aromatic ring is 1. The third-order valence-electron chi connectivity index (χ3n) is 2.10. The summed E-state index contributed by atoms with van der Waals surface area (Å²) in [5.74, 6) is 0. The fraction of sp³-hybridized carbons (Fsp3) is 0.0833. The minimum absolute atomic E-state index is 0.858. The minimum atomic E-state index is 0.858. The number of hydrogen-bond acceptors (Lipinski definition) is 1. The number of anilines is 1. The maximum atomic E-state index is 5.82. The van der Waals surface area contributed by atoms with Gasteiger partial charge in [-0.25, -0.2) is 0 Å². The summed E-state index contributed by atoms with van der Waals surface area (Å²) in [5.41, 5.74) is 12.2. The Balaban J connectivity index is 2.23. The molecule has 1 heteroatoms. The van der Waals surface area contributed by atoms with Crippen molar-refractivity contribution in [3.8, 4) is 0 Å². The van der Waals surface area contributed by atoms with Crippen molar-refractivity contribution in [1.29, 1.82) is 0 Å². The highest BCUT2D eigenvalue weighted by Gasteiger charge is 2.00. The first kappa shape index (κ1) is 7.90. The van der Waals surface area contributed by atoms with Gasteiger partial charge in [-0.2, -0.15) is 0 Å². The van der Waals surface area contributed by atoms with Gasteiger partial charge in [0.1, 0.15) is 0 Å². The monoisotopic (exact) mass is 169 g/mol. The SMILES string of the molecule is Nc1ccccc1CC1=C=CC=C1. The van der Waals surface area contributed by atoms with E-state index in [1.807, 2.05) is 30.4 Å². The molecule has 1 aliphatic carbocycles. The van der Waals surface area contributed by atoms with Gasteiger partial charge in [-0.1, -0.05) is 30.4 Å². The number of benzene rings is 1. The van der Waals surface area contributed by atoms with Gasteiger partial charge < -0.3 is 5.73 Å². The van der Waals surface area contributed by atoms with E-state index < -0.39 is 0 Å². The molecule has 1 nitrogen and oxygen atoms in total. The topological polar surface area (TPSA) is 26.0 Å². The highest BCUT2D eigenvalue weighted by molar-refractivity contribution is 5.49. The molecular formula is C12H11N. The molecule has 64 valence electrons. The van der Waals surface area contributed by atoms with Crippen molar-refractivity contribution < 1.29 is 0 Å². The van der Waals surface area contributed by atoms with Crippen molar-refractivity contribution in [3.05, 3.63) is 59.4 Å². The van der Waals surface area contributed by atoms with E-state index in [1.54, 1.807) is 0 Å². The van der Waals surface area contributed by atoms with E-state index in [2.05, 4.69) is 17.9 Å². The van der Waals surface area contributed by atoms with Crippen LogP contribution in [0.2, 0.25) is 0 Å². The number of hydrogen-bond donors (Lipinski definition) is 1. The summed E-state index contributed by atoms with van der Waals surface area (Å²) in [5, 5.41) is 0. The van der Waals surface area contributed by atoms with Crippen LogP contribution in [0.1, 0.15) is 5.56 Å². The first-order chi connectivity index (χ1) is 6.36. The molecule has 13 heavy (non-hydrogen) atoms. The molecule has 0 fully saturated rings. The lowest BCUT2D eigenvalue weighted by atomic mass is 10.1. The molecule has 0 spiro atoms. The van der Waals surface area contributed by atoms with E-state index in [0.717, 1.165) is 12.1 Å². The van der Waals surface area contributed by atoms with E-state index in [-0.39, 0.29) is 0 Å². The quantitative estimate of drug-likeness (QED) is 0.534. The van der Waals surface area contributed by atoms with Crippen LogP contribution in [0.4, 0.5) is 5.69 Å². The summed E-state index contributed by atoms with van der Waals surface area (Å²) in [7, 11) is 0. The van der Waals surface area contributed by atoms with E-state index in [4.69, 9.17) is 5.73 Å². The molecule has 0 bridgehead atoms. The average molecular weight is 169 g/mol. The van der Waals surface area contributed by atoms with Gasteiger partial charge in [0, 0.05) is 12.1 Å². The Hall–Kier alpha value is -1.72. The normalized spacial score (nSPS) is 13.4. The maximum absolute atomic E-state index is 5.82. The fourth-order valence-electron chi connectivity index (χ4n) is 1.38. The van der Waals surface area contributed by atoms with Crippen molar-refractivity contribution >= 4 is 5.69 Å². The van der Waals surface area contributed by atoms with Gasteiger partial charge in [-0.15, -0.1) is 5.73 Å². The Labute approximate surface area is 77.9 Å². The standard InChI is InChI=1S/C12H11N/c13-12-8-4-3-7-11(12)9-10-5-1-2-6-10/h1-5,7-8H,9,13H2. The zero-order chi connectivity index (χ0) is 9.10. The molecule has 1 aromatic carbocycles. The van der Waals surface area contributed by atoms with Crippen LogP contribution >= 0.6 is 0 Å². The predicted molar refractivity (Wildman–Crippen MR) is 55.3 cm³/mol. The van der Waals surface area contributed by atoms with Crippen molar-refractivity contribution in [2.75, 3.05) is 5.73 Å². The van der Waals surface area contributed by atoms with Crippen molar-refractivity contribution in [2.24, 2.45) is 0 Å². The first-order valence-electron chi connectivity index (χ1n) is 4.32. The second-order valence-corrected chi connectivity index (χ2v) is 3.07. The molecule has 0 aliphatic heterocycles. The minimum Gasteiger partial charge on any atom is -0.398 e. The van der Waals surface area contributed by atoms with E-state index >= 15 is 0 Å². The van der Waals surface area contributed by atoms with Gasteiger partial charge in [0.2, 0.25) is 0 Å². The van der Waals surface area contributed by atoms with Crippen LogP contribution in [0.25, 0.3) is 0 Å². The third-order valence-corrected chi connectivity index (χ3v) is 2.10. The zero-order valence-corrected chi connectivity index (χ0v) is 7.33. The van der Waals surface area contributed by atoms with Crippen LogP contribution in [0.3, 0.4) is 0 Å². The van der Waals surface area contributed by atoms with Crippen LogP contribution in [-0.4, -0.2) is 0 Å². The average Bonchev–Trinajstić information content (AvgIpc) is 2.61. The molecule has 1 aliphatic rings. The van der Waals surface area contributed by atoms with Crippen LogP contribution in [0.15, 0.2) is 53.8 Å². The van der Waals surface area contributed by atoms with Crippen LogP contribution in [0, 0.1) is 0 Å². The maximum Gasteiger partial charge on any atom is 0.0350 e. The van der Waals surface area contributed by atoms with Gasteiger partial charge in [0.25, 0.3) is 0 Å². The highest BCUT2D eigenvalue weighted by atomic mass is 14.6. The van der Waals surface area contributed by atoms with Crippen LogP contribution in [0.5, 0.6) is 0 Å². The lowest BCUT2D eigenvalue weighted by Crippen LogP contribution is -1.94. The van der Waals surface area contributed by atoms with Crippen molar-refractivity contribution in [1.82, 2.24) is 0 Å². The second-order valence-electron chi connectivity index (χ2n) is 3.07. The summed E-state index contributed by atoms with van der Waals surface area (Å²) in [6.07, 6.45) is 6.86. The molecule has 0 heterocycles. The molecule has 1 aromatic rings. The zero-order valence-electron chi connectivity index (χ0n) is 7.33. The predicted octanol–water partition coefficient (Wildman–Crippen LogP) is 2.46.